The van der Waals surface area contributed by atoms with E-state index in [-0.39, 0.29) is 18.3 Å². The van der Waals surface area contributed by atoms with Crippen molar-refractivity contribution in [2.24, 2.45) is 5.73 Å². The van der Waals surface area contributed by atoms with Crippen LogP contribution in [0.3, 0.4) is 0 Å². The summed E-state index contributed by atoms with van der Waals surface area (Å²) in [5.74, 6) is -0.0237. The van der Waals surface area contributed by atoms with Gasteiger partial charge >= 0.3 is 0 Å². The molecule has 0 unspecified atom stereocenters. The molecule has 6 heteroatoms. The molecule has 3 N–H and O–H groups in total. The van der Waals surface area contributed by atoms with Gasteiger partial charge < -0.3 is 10.5 Å². The Balaban J connectivity index is 2.12. The number of amidine groups is 1. The molecule has 0 spiro atoms. The lowest BCUT2D eigenvalue weighted by Crippen LogP contribution is -2.11. The monoisotopic (exact) mass is 356 g/mol. The van der Waals surface area contributed by atoms with Gasteiger partial charge in [-0.1, -0.05) is 39.7 Å². The third kappa shape index (κ3) is 3.71. The number of hydrogen-bond acceptors (Lipinski definition) is 2. The molecule has 20 heavy (non-hydrogen) atoms. The molecule has 3 nitrogen and oxygen atoms in total. The van der Waals surface area contributed by atoms with Crippen LogP contribution in [0.2, 0.25) is 5.02 Å². The first-order valence-corrected chi connectivity index (χ1v) is 6.84. The lowest BCUT2D eigenvalue weighted by molar-refractivity contribution is 0.304. The quantitative estimate of drug-likeness (QED) is 0.639. The summed E-state index contributed by atoms with van der Waals surface area (Å²) in [6.07, 6.45) is 0. The van der Waals surface area contributed by atoms with Crippen LogP contribution in [0.4, 0.5) is 4.39 Å². The van der Waals surface area contributed by atoms with Crippen molar-refractivity contribution >= 4 is 33.4 Å². The molecule has 104 valence electrons. The Morgan fingerprint density at radius 1 is 1.30 bits per heavy atom. The number of nitrogen functional groups attached to an aromatic ring is 1. The summed E-state index contributed by atoms with van der Waals surface area (Å²) in [5.41, 5.74) is 6.66. The molecule has 0 atom stereocenters. The van der Waals surface area contributed by atoms with E-state index < -0.39 is 0 Å². The first kappa shape index (κ1) is 14.8. The number of nitrogens with two attached hydrogens (primary N) is 1. The van der Waals surface area contributed by atoms with Gasteiger partial charge in [-0.3, -0.25) is 5.41 Å². The van der Waals surface area contributed by atoms with E-state index in [9.17, 15) is 4.39 Å². The molecular weight excluding hydrogens is 347 g/mol. The molecule has 0 saturated carbocycles. The number of nitrogens with one attached hydrogen (secondary N) is 1. The molecule has 0 aliphatic heterocycles. The summed E-state index contributed by atoms with van der Waals surface area (Å²) in [7, 11) is 0. The van der Waals surface area contributed by atoms with Crippen LogP contribution in [0.25, 0.3) is 0 Å². The van der Waals surface area contributed by atoms with Crippen molar-refractivity contribution in [1.29, 1.82) is 5.41 Å². The number of hydrogen-bond donors (Lipinski definition) is 2. The Bertz CT molecular complexity index is 643. The Kier molecular flexibility index (Phi) is 4.62. The fraction of sp³-hybridized carbons (Fsp3) is 0.0714. The molecule has 0 saturated heterocycles. The third-order valence-corrected chi connectivity index (χ3v) is 3.40. The van der Waals surface area contributed by atoms with Gasteiger partial charge in [0, 0.05) is 26.7 Å². The van der Waals surface area contributed by atoms with Crippen LogP contribution >= 0.6 is 27.5 Å². The Hall–Kier alpha value is -1.59. The van der Waals surface area contributed by atoms with Crippen molar-refractivity contribution in [1.82, 2.24) is 0 Å². The molecular formula is C14H11BrClFN2O. The molecule has 0 aromatic heterocycles. The van der Waals surface area contributed by atoms with Gasteiger partial charge in [0.2, 0.25) is 0 Å². The van der Waals surface area contributed by atoms with Crippen LogP contribution in [-0.4, -0.2) is 5.84 Å². The zero-order valence-electron chi connectivity index (χ0n) is 10.3. The summed E-state index contributed by atoms with van der Waals surface area (Å²) >= 11 is 9.28. The van der Waals surface area contributed by atoms with E-state index in [1.807, 2.05) is 0 Å². The molecule has 2 aromatic rings. The number of halogens is 3. The summed E-state index contributed by atoms with van der Waals surface area (Å²) in [6.45, 7) is 0.201. The molecule has 0 heterocycles. The van der Waals surface area contributed by atoms with Gasteiger partial charge in [0.25, 0.3) is 0 Å². The first-order valence-electron chi connectivity index (χ1n) is 5.67. The fourth-order valence-electron chi connectivity index (χ4n) is 1.60. The highest BCUT2D eigenvalue weighted by Crippen LogP contribution is 2.23. The lowest BCUT2D eigenvalue weighted by atomic mass is 10.1. The van der Waals surface area contributed by atoms with Crippen molar-refractivity contribution in [3.8, 4) is 5.75 Å². The van der Waals surface area contributed by atoms with Crippen molar-refractivity contribution in [3.63, 3.8) is 0 Å². The predicted molar refractivity (Wildman–Crippen MR) is 80.9 cm³/mol. The van der Waals surface area contributed by atoms with Crippen LogP contribution in [0, 0.1) is 11.2 Å². The third-order valence-electron chi connectivity index (χ3n) is 2.59. The summed E-state index contributed by atoms with van der Waals surface area (Å²) in [6, 6.07) is 9.33. The highest BCUT2D eigenvalue weighted by atomic mass is 79.9. The molecule has 0 bridgehead atoms. The zero-order valence-corrected chi connectivity index (χ0v) is 12.6. The largest absolute Gasteiger partial charge is 0.489 e. The van der Waals surface area contributed by atoms with Gasteiger partial charge in [-0.2, -0.15) is 0 Å². The zero-order chi connectivity index (χ0) is 14.7. The van der Waals surface area contributed by atoms with E-state index in [2.05, 4.69) is 15.9 Å². The lowest BCUT2D eigenvalue weighted by Gasteiger charge is -2.09. The Morgan fingerprint density at radius 3 is 2.65 bits per heavy atom. The average molecular weight is 358 g/mol. The van der Waals surface area contributed by atoms with E-state index in [0.29, 0.717) is 20.8 Å². The van der Waals surface area contributed by atoms with E-state index in [1.54, 1.807) is 24.3 Å². The number of benzene rings is 2. The molecule has 2 rings (SSSR count). The second-order valence-electron chi connectivity index (χ2n) is 4.11. The SMILES string of the molecule is N=C(N)c1ccc(COc2cc(F)cc(Br)c2)c(Cl)c1. The van der Waals surface area contributed by atoms with Crippen molar-refractivity contribution < 1.29 is 9.13 Å². The van der Waals surface area contributed by atoms with Crippen molar-refractivity contribution in [2.45, 2.75) is 6.61 Å². The van der Waals surface area contributed by atoms with Gasteiger partial charge in [0.15, 0.2) is 0 Å². The van der Waals surface area contributed by atoms with E-state index in [1.165, 1.54) is 12.1 Å². The Labute approximate surface area is 129 Å². The highest BCUT2D eigenvalue weighted by Gasteiger charge is 2.06. The molecule has 0 amide bonds. The molecule has 2 aromatic carbocycles. The van der Waals surface area contributed by atoms with Crippen LogP contribution in [0.5, 0.6) is 5.75 Å². The van der Waals surface area contributed by atoms with Crippen molar-refractivity contribution in [3.05, 3.63) is 62.8 Å². The molecule has 0 fully saturated rings. The van der Waals surface area contributed by atoms with Crippen LogP contribution in [0.1, 0.15) is 11.1 Å². The second kappa shape index (κ2) is 6.24. The Morgan fingerprint density at radius 2 is 2.05 bits per heavy atom. The van der Waals surface area contributed by atoms with Crippen LogP contribution < -0.4 is 10.5 Å². The smallest absolute Gasteiger partial charge is 0.128 e. The van der Waals surface area contributed by atoms with E-state index >= 15 is 0 Å². The van der Waals surface area contributed by atoms with E-state index in [0.717, 1.165) is 5.56 Å². The molecule has 0 aliphatic carbocycles. The van der Waals surface area contributed by atoms with Crippen molar-refractivity contribution in [2.75, 3.05) is 0 Å². The fourth-order valence-corrected chi connectivity index (χ4v) is 2.28. The minimum atomic E-state index is -0.382. The standard InChI is InChI=1S/C14H11BrClFN2O/c15-10-4-11(17)6-12(5-10)20-7-9-2-1-8(14(18)19)3-13(9)16/h1-6H,7H2,(H3,18,19). The maximum Gasteiger partial charge on any atom is 0.128 e. The van der Waals surface area contributed by atoms with Gasteiger partial charge in [0.05, 0.1) is 0 Å². The number of rotatable bonds is 4. The molecule has 0 radical (unpaired) electrons. The van der Waals surface area contributed by atoms with Crippen LogP contribution in [-0.2, 0) is 6.61 Å². The summed E-state index contributed by atoms with van der Waals surface area (Å²) in [5, 5.41) is 7.78. The maximum absolute atomic E-state index is 13.2. The maximum atomic E-state index is 13.2. The van der Waals surface area contributed by atoms with Gasteiger partial charge in [-0.15, -0.1) is 0 Å². The second-order valence-corrected chi connectivity index (χ2v) is 5.44. The average Bonchev–Trinajstić information content (AvgIpc) is 2.36. The normalized spacial score (nSPS) is 10.3. The molecule has 0 aliphatic rings. The first-order chi connectivity index (χ1) is 9.45. The van der Waals surface area contributed by atoms with Crippen LogP contribution in [0.15, 0.2) is 40.9 Å². The highest BCUT2D eigenvalue weighted by molar-refractivity contribution is 9.10. The van der Waals surface area contributed by atoms with E-state index in [4.69, 9.17) is 27.5 Å². The summed E-state index contributed by atoms with van der Waals surface area (Å²) in [4.78, 5) is 0. The van der Waals surface area contributed by atoms with Gasteiger partial charge in [-0.05, 0) is 18.2 Å². The van der Waals surface area contributed by atoms with Gasteiger partial charge in [0.1, 0.15) is 24.0 Å². The topological polar surface area (TPSA) is 59.1 Å². The van der Waals surface area contributed by atoms with Gasteiger partial charge in [-0.25, -0.2) is 4.39 Å². The predicted octanol–water partition coefficient (Wildman–Crippen LogP) is 4.10. The minimum absolute atomic E-state index is 0.0478. The minimum Gasteiger partial charge on any atom is -0.489 e. The summed E-state index contributed by atoms with van der Waals surface area (Å²) < 4.78 is 19.3. The number of ether oxygens (including phenoxy) is 1.